The molecule has 0 fully saturated rings. The quantitative estimate of drug-likeness (QED) is 0.699. The van der Waals surface area contributed by atoms with E-state index in [4.69, 9.17) is 10.00 Å². The van der Waals surface area contributed by atoms with Gasteiger partial charge in [-0.15, -0.1) is 0 Å². The summed E-state index contributed by atoms with van der Waals surface area (Å²) in [6, 6.07) is 15.4. The van der Waals surface area contributed by atoms with Gasteiger partial charge in [0.15, 0.2) is 0 Å². The number of ether oxygens (including phenoxy) is 1. The van der Waals surface area contributed by atoms with Crippen LogP contribution < -0.4 is 15.4 Å². The predicted octanol–water partition coefficient (Wildman–Crippen LogP) is 2.94. The van der Waals surface area contributed by atoms with Crippen LogP contribution >= 0.6 is 0 Å². The minimum Gasteiger partial charge on any atom is -0.491 e. The molecule has 0 aliphatic carbocycles. The lowest BCUT2D eigenvalue weighted by Crippen LogP contribution is -2.42. The smallest absolute Gasteiger partial charge is 0.255 e. The molecule has 0 saturated carbocycles. The Morgan fingerprint density at radius 2 is 1.78 bits per heavy atom. The highest BCUT2D eigenvalue weighted by Gasteiger charge is 2.12. The van der Waals surface area contributed by atoms with Crippen LogP contribution in [0.4, 0.5) is 5.69 Å². The van der Waals surface area contributed by atoms with Gasteiger partial charge in [-0.3, -0.25) is 4.79 Å². The first kappa shape index (κ1) is 20.4. The van der Waals surface area contributed by atoms with Crippen LogP contribution in [-0.2, 0) is 0 Å². The van der Waals surface area contributed by atoms with Crippen LogP contribution in [-0.4, -0.2) is 35.8 Å². The molecule has 0 aromatic heterocycles. The molecule has 27 heavy (non-hydrogen) atoms. The maximum Gasteiger partial charge on any atom is 0.255 e. The molecule has 2 aromatic carbocycles. The molecule has 0 spiro atoms. The maximum atomic E-state index is 12.2. The number of anilines is 1. The second-order valence-electron chi connectivity index (χ2n) is 7.26. The molecule has 0 heterocycles. The lowest BCUT2D eigenvalue weighted by atomic mass is 10.1. The highest BCUT2D eigenvalue weighted by Crippen LogP contribution is 2.17. The van der Waals surface area contributed by atoms with Gasteiger partial charge >= 0.3 is 0 Å². The number of rotatable bonds is 7. The predicted molar refractivity (Wildman–Crippen MR) is 105 cm³/mol. The molecule has 2 rings (SSSR count). The van der Waals surface area contributed by atoms with E-state index in [1.54, 1.807) is 48.5 Å². The molecule has 0 aliphatic heterocycles. The largest absolute Gasteiger partial charge is 0.491 e. The number of nitrogens with zero attached hydrogens (tertiary/aromatic N) is 1. The molecule has 2 aromatic rings. The summed E-state index contributed by atoms with van der Waals surface area (Å²) in [5.41, 5.74) is 1.55. The van der Waals surface area contributed by atoms with Crippen LogP contribution in [0.3, 0.4) is 0 Å². The van der Waals surface area contributed by atoms with E-state index in [2.05, 4.69) is 10.6 Å². The number of β-amino-alcohol motifs (C(OH)–C–C–N with tert-alkyl or cyclic N) is 1. The van der Waals surface area contributed by atoms with Crippen LogP contribution in [0.1, 0.15) is 36.7 Å². The van der Waals surface area contributed by atoms with Gasteiger partial charge in [0.2, 0.25) is 0 Å². The Bertz CT molecular complexity index is 787. The molecule has 0 radical (unpaired) electrons. The molecule has 1 amide bonds. The van der Waals surface area contributed by atoms with Gasteiger partial charge < -0.3 is 20.5 Å². The molecule has 0 saturated heterocycles. The summed E-state index contributed by atoms with van der Waals surface area (Å²) < 4.78 is 5.57. The highest BCUT2D eigenvalue weighted by molar-refractivity contribution is 6.04. The molecule has 142 valence electrons. The van der Waals surface area contributed by atoms with Crippen LogP contribution in [0, 0.1) is 11.3 Å². The molecular weight excluding hydrogens is 342 g/mol. The third-order valence-corrected chi connectivity index (χ3v) is 3.70. The first-order valence-electron chi connectivity index (χ1n) is 8.74. The first-order valence-corrected chi connectivity index (χ1v) is 8.74. The van der Waals surface area contributed by atoms with Gasteiger partial charge in [0.05, 0.1) is 11.6 Å². The lowest BCUT2D eigenvalue weighted by molar-refractivity contribution is 0.100. The van der Waals surface area contributed by atoms with E-state index in [9.17, 15) is 9.90 Å². The summed E-state index contributed by atoms with van der Waals surface area (Å²) >= 11 is 0. The number of amides is 1. The third kappa shape index (κ3) is 7.10. The Labute approximate surface area is 159 Å². The van der Waals surface area contributed by atoms with Gasteiger partial charge in [-0.05, 0) is 69.3 Å². The van der Waals surface area contributed by atoms with E-state index in [1.165, 1.54) is 0 Å². The van der Waals surface area contributed by atoms with E-state index >= 15 is 0 Å². The van der Waals surface area contributed by atoms with E-state index in [0.29, 0.717) is 29.1 Å². The number of carbonyl (C=O) groups excluding carboxylic acids is 1. The summed E-state index contributed by atoms with van der Waals surface area (Å²) in [6.45, 7) is 6.73. The zero-order valence-electron chi connectivity index (χ0n) is 15.8. The van der Waals surface area contributed by atoms with E-state index in [-0.39, 0.29) is 18.1 Å². The molecule has 6 heteroatoms. The summed E-state index contributed by atoms with van der Waals surface area (Å²) in [6.07, 6.45) is -0.611. The fourth-order valence-corrected chi connectivity index (χ4v) is 2.21. The summed E-state index contributed by atoms with van der Waals surface area (Å²) in [5, 5.41) is 24.7. The van der Waals surface area contributed by atoms with Crippen molar-refractivity contribution in [1.29, 1.82) is 5.26 Å². The van der Waals surface area contributed by atoms with Crippen molar-refractivity contribution >= 4 is 11.6 Å². The number of hydrogen-bond acceptors (Lipinski definition) is 5. The number of nitrogens with one attached hydrogen (secondary N) is 2. The van der Waals surface area contributed by atoms with Gasteiger partial charge in [-0.2, -0.15) is 5.26 Å². The van der Waals surface area contributed by atoms with Crippen molar-refractivity contribution in [3.8, 4) is 11.8 Å². The summed E-state index contributed by atoms with van der Waals surface area (Å²) in [7, 11) is 0. The van der Waals surface area contributed by atoms with Crippen molar-refractivity contribution in [2.24, 2.45) is 0 Å². The molecule has 1 atom stereocenters. The minimum absolute atomic E-state index is 0.0598. The molecule has 6 nitrogen and oxygen atoms in total. The summed E-state index contributed by atoms with van der Waals surface area (Å²) in [5.74, 6) is 0.359. The van der Waals surface area contributed by atoms with E-state index in [1.807, 2.05) is 26.8 Å². The van der Waals surface area contributed by atoms with Crippen molar-refractivity contribution in [1.82, 2.24) is 5.32 Å². The SMILES string of the molecule is CC(C)(C)NCC(O)COc1ccc(NC(=O)c2ccc(C#N)cc2)cc1. The Morgan fingerprint density at radius 3 is 2.33 bits per heavy atom. The van der Waals surface area contributed by atoms with Crippen LogP contribution in [0.5, 0.6) is 5.75 Å². The average molecular weight is 367 g/mol. The molecule has 3 N–H and O–H groups in total. The zero-order valence-corrected chi connectivity index (χ0v) is 15.8. The topological polar surface area (TPSA) is 94.4 Å². The number of aliphatic hydroxyl groups is 1. The number of carbonyl (C=O) groups is 1. The van der Waals surface area contributed by atoms with Gasteiger partial charge in [-0.1, -0.05) is 0 Å². The lowest BCUT2D eigenvalue weighted by Gasteiger charge is -2.23. The molecule has 0 bridgehead atoms. The van der Waals surface area contributed by atoms with Gasteiger partial charge in [0.1, 0.15) is 18.5 Å². The van der Waals surface area contributed by atoms with Crippen molar-refractivity contribution in [3.63, 3.8) is 0 Å². The normalized spacial score (nSPS) is 12.1. The van der Waals surface area contributed by atoms with Crippen molar-refractivity contribution in [2.45, 2.75) is 32.4 Å². The minimum atomic E-state index is -0.611. The fraction of sp³-hybridized carbons (Fsp3) is 0.333. The van der Waals surface area contributed by atoms with E-state index in [0.717, 1.165) is 0 Å². The molecule has 1 unspecified atom stereocenters. The zero-order chi connectivity index (χ0) is 19.9. The van der Waals surface area contributed by atoms with Gasteiger partial charge in [0, 0.05) is 23.3 Å². The van der Waals surface area contributed by atoms with Crippen LogP contribution in [0.2, 0.25) is 0 Å². The Kier molecular flexibility index (Phi) is 6.94. The number of nitriles is 1. The monoisotopic (exact) mass is 367 g/mol. The van der Waals surface area contributed by atoms with Gasteiger partial charge in [0.25, 0.3) is 5.91 Å². The van der Waals surface area contributed by atoms with Crippen LogP contribution in [0.15, 0.2) is 48.5 Å². The van der Waals surface area contributed by atoms with Crippen LogP contribution in [0.25, 0.3) is 0 Å². The number of hydrogen-bond donors (Lipinski definition) is 3. The number of benzene rings is 2. The highest BCUT2D eigenvalue weighted by atomic mass is 16.5. The van der Waals surface area contributed by atoms with Crippen molar-refractivity contribution < 1.29 is 14.6 Å². The van der Waals surface area contributed by atoms with Crippen molar-refractivity contribution in [3.05, 3.63) is 59.7 Å². The third-order valence-electron chi connectivity index (χ3n) is 3.70. The van der Waals surface area contributed by atoms with E-state index < -0.39 is 6.10 Å². The fourth-order valence-electron chi connectivity index (χ4n) is 2.21. The second kappa shape index (κ2) is 9.17. The first-order chi connectivity index (χ1) is 12.8. The number of aliphatic hydroxyl groups excluding tert-OH is 1. The summed E-state index contributed by atoms with van der Waals surface area (Å²) in [4.78, 5) is 12.2. The molecule has 0 aliphatic rings. The molecular formula is C21H25N3O3. The van der Waals surface area contributed by atoms with Gasteiger partial charge in [-0.25, -0.2) is 0 Å². The Hall–Kier alpha value is -2.88. The van der Waals surface area contributed by atoms with Crippen molar-refractivity contribution in [2.75, 3.05) is 18.5 Å². The Balaban J connectivity index is 1.84. The Morgan fingerprint density at radius 1 is 1.15 bits per heavy atom. The second-order valence-corrected chi connectivity index (χ2v) is 7.26. The average Bonchev–Trinajstić information content (AvgIpc) is 2.65. The maximum absolute atomic E-state index is 12.2. The standard InChI is InChI=1S/C21H25N3O3/c1-21(2,3)23-13-18(25)14-27-19-10-8-17(9-11-19)24-20(26)16-6-4-15(12-22)5-7-16/h4-11,18,23,25H,13-14H2,1-3H3,(H,24,26).